The van der Waals surface area contributed by atoms with E-state index in [2.05, 4.69) is 11.6 Å². The molecule has 0 atom stereocenters. The normalized spacial score (nSPS) is 9.00. The van der Waals surface area contributed by atoms with E-state index in [0.29, 0.717) is 0 Å². The molecule has 0 fully saturated rings. The van der Waals surface area contributed by atoms with Gasteiger partial charge >= 0.3 is 0 Å². The van der Waals surface area contributed by atoms with Gasteiger partial charge in [-0.15, -0.1) is 0 Å². The van der Waals surface area contributed by atoms with Gasteiger partial charge in [0.05, 0.1) is 0 Å². The summed E-state index contributed by atoms with van der Waals surface area (Å²) in [7, 11) is 0. The molecule has 1 heterocycles. The SMILES string of the molecule is C=Cc1ccc(C)[nH+]c1. The summed E-state index contributed by atoms with van der Waals surface area (Å²) in [6.45, 7) is 5.66. The first kappa shape index (κ1) is 6.02. The van der Waals surface area contributed by atoms with Gasteiger partial charge in [0, 0.05) is 18.6 Å². The molecular formula is C8H10N+. The molecule has 0 radical (unpaired) electrons. The third-order valence-corrected chi connectivity index (χ3v) is 1.23. The van der Waals surface area contributed by atoms with Crippen LogP contribution in [0.25, 0.3) is 6.08 Å². The molecule has 0 saturated carbocycles. The smallest absolute Gasteiger partial charge is 0.176 e. The first-order chi connectivity index (χ1) is 4.33. The molecule has 0 spiro atoms. The molecule has 1 N–H and O–H groups in total. The molecule has 1 heteroatoms. The van der Waals surface area contributed by atoms with Crippen molar-refractivity contribution in [2.75, 3.05) is 0 Å². The van der Waals surface area contributed by atoms with Crippen LogP contribution < -0.4 is 4.98 Å². The Morgan fingerprint density at radius 1 is 1.56 bits per heavy atom. The molecule has 0 bridgehead atoms. The minimum atomic E-state index is 1.13. The van der Waals surface area contributed by atoms with Gasteiger partial charge in [0.2, 0.25) is 0 Å². The zero-order chi connectivity index (χ0) is 6.69. The van der Waals surface area contributed by atoms with Gasteiger partial charge in [0.25, 0.3) is 0 Å². The quantitative estimate of drug-likeness (QED) is 0.532. The number of hydrogen-bond donors (Lipinski definition) is 0. The number of hydrogen-bond acceptors (Lipinski definition) is 0. The van der Waals surface area contributed by atoms with Gasteiger partial charge in [-0.25, -0.2) is 4.98 Å². The fraction of sp³-hybridized carbons (Fsp3) is 0.125. The van der Waals surface area contributed by atoms with Gasteiger partial charge in [-0.3, -0.25) is 0 Å². The number of H-pyrrole nitrogens is 1. The van der Waals surface area contributed by atoms with Crippen molar-refractivity contribution in [1.29, 1.82) is 0 Å². The van der Waals surface area contributed by atoms with Crippen molar-refractivity contribution in [2.45, 2.75) is 6.92 Å². The molecule has 0 aliphatic heterocycles. The molecule has 1 rings (SSSR count). The van der Waals surface area contributed by atoms with Gasteiger partial charge in [0.1, 0.15) is 0 Å². The number of nitrogens with one attached hydrogen (secondary N) is 1. The van der Waals surface area contributed by atoms with E-state index in [-0.39, 0.29) is 0 Å². The molecule has 46 valence electrons. The van der Waals surface area contributed by atoms with Crippen LogP contribution in [0.2, 0.25) is 0 Å². The first-order valence-electron chi connectivity index (χ1n) is 2.93. The molecule has 1 aromatic heterocycles. The van der Waals surface area contributed by atoms with Crippen LogP contribution in [0.15, 0.2) is 24.9 Å². The minimum absolute atomic E-state index is 1.13. The van der Waals surface area contributed by atoms with Crippen LogP contribution in [0, 0.1) is 6.92 Å². The van der Waals surface area contributed by atoms with Crippen LogP contribution >= 0.6 is 0 Å². The summed E-state index contributed by atoms with van der Waals surface area (Å²) >= 11 is 0. The summed E-state index contributed by atoms with van der Waals surface area (Å²) in [5.74, 6) is 0. The van der Waals surface area contributed by atoms with Crippen LogP contribution in [0.3, 0.4) is 0 Å². The van der Waals surface area contributed by atoms with Gasteiger partial charge in [-0.05, 0) is 6.07 Å². The van der Waals surface area contributed by atoms with Crippen LogP contribution in [-0.4, -0.2) is 0 Å². The van der Waals surface area contributed by atoms with E-state index < -0.39 is 0 Å². The summed E-state index contributed by atoms with van der Waals surface area (Å²) in [6, 6.07) is 4.05. The van der Waals surface area contributed by atoms with Gasteiger partial charge in [-0.2, -0.15) is 0 Å². The van der Waals surface area contributed by atoms with E-state index in [0.717, 1.165) is 5.56 Å². The summed E-state index contributed by atoms with van der Waals surface area (Å²) in [4.78, 5) is 3.08. The summed E-state index contributed by atoms with van der Waals surface area (Å²) in [5.41, 5.74) is 2.29. The number of aromatic amines is 1. The van der Waals surface area contributed by atoms with Crippen LogP contribution in [0.5, 0.6) is 0 Å². The van der Waals surface area contributed by atoms with E-state index >= 15 is 0 Å². The lowest BCUT2D eigenvalue weighted by Crippen LogP contribution is -2.05. The molecular weight excluding hydrogens is 110 g/mol. The van der Waals surface area contributed by atoms with Crippen LogP contribution in [-0.2, 0) is 0 Å². The average Bonchev–Trinajstić information content (AvgIpc) is 1.90. The number of aromatic nitrogens is 1. The first-order valence-corrected chi connectivity index (χ1v) is 2.93. The summed E-state index contributed by atoms with van der Waals surface area (Å²) in [5, 5.41) is 0. The highest BCUT2D eigenvalue weighted by molar-refractivity contribution is 5.43. The van der Waals surface area contributed by atoms with Gasteiger partial charge in [-0.1, -0.05) is 12.7 Å². The highest BCUT2D eigenvalue weighted by Gasteiger charge is 1.90. The average molecular weight is 120 g/mol. The lowest BCUT2D eigenvalue weighted by atomic mass is 10.2. The Morgan fingerprint density at radius 2 is 2.33 bits per heavy atom. The second-order valence-corrected chi connectivity index (χ2v) is 2.01. The molecule has 1 nitrogen and oxygen atoms in total. The van der Waals surface area contributed by atoms with Crippen molar-refractivity contribution in [3.63, 3.8) is 0 Å². The maximum absolute atomic E-state index is 3.64. The Labute approximate surface area is 55.1 Å². The van der Waals surface area contributed by atoms with E-state index in [1.165, 1.54) is 5.69 Å². The molecule has 0 aromatic carbocycles. The Morgan fingerprint density at radius 3 is 2.78 bits per heavy atom. The second-order valence-electron chi connectivity index (χ2n) is 2.01. The van der Waals surface area contributed by atoms with Crippen molar-refractivity contribution in [3.8, 4) is 0 Å². The molecule has 0 amide bonds. The fourth-order valence-corrected chi connectivity index (χ4v) is 0.642. The van der Waals surface area contributed by atoms with E-state index in [9.17, 15) is 0 Å². The topological polar surface area (TPSA) is 14.1 Å². The van der Waals surface area contributed by atoms with E-state index in [4.69, 9.17) is 0 Å². The van der Waals surface area contributed by atoms with E-state index in [1.807, 2.05) is 31.3 Å². The Hall–Kier alpha value is -1.11. The van der Waals surface area contributed by atoms with Gasteiger partial charge in [0.15, 0.2) is 11.9 Å². The Bertz CT molecular complexity index is 198. The van der Waals surface area contributed by atoms with Crippen molar-refractivity contribution in [1.82, 2.24) is 0 Å². The highest BCUT2D eigenvalue weighted by atomic mass is 14.6. The minimum Gasteiger partial charge on any atom is -0.215 e. The molecule has 0 unspecified atom stereocenters. The highest BCUT2D eigenvalue weighted by Crippen LogP contribution is 1.95. The maximum Gasteiger partial charge on any atom is 0.176 e. The largest absolute Gasteiger partial charge is 0.215 e. The lowest BCUT2D eigenvalue weighted by Gasteiger charge is -1.84. The molecule has 0 aliphatic rings. The third kappa shape index (κ3) is 1.39. The molecule has 9 heavy (non-hydrogen) atoms. The van der Waals surface area contributed by atoms with Crippen LogP contribution in [0.4, 0.5) is 0 Å². The molecule has 0 aliphatic carbocycles. The maximum atomic E-state index is 3.64. The standard InChI is InChI=1S/C8H9N/c1-3-8-5-4-7(2)9-6-8/h3-6H,1H2,2H3/p+1. The summed E-state index contributed by atoms with van der Waals surface area (Å²) < 4.78 is 0. The summed E-state index contributed by atoms with van der Waals surface area (Å²) in [6.07, 6.45) is 3.75. The van der Waals surface area contributed by atoms with Gasteiger partial charge < -0.3 is 0 Å². The monoisotopic (exact) mass is 120 g/mol. The molecule has 1 aromatic rings. The molecule has 0 saturated heterocycles. The fourth-order valence-electron chi connectivity index (χ4n) is 0.642. The number of rotatable bonds is 1. The Balaban J connectivity index is 3.01. The Kier molecular flexibility index (Phi) is 1.63. The third-order valence-electron chi connectivity index (χ3n) is 1.23. The zero-order valence-electron chi connectivity index (χ0n) is 5.52. The predicted octanol–water partition coefficient (Wildman–Crippen LogP) is 1.45. The van der Waals surface area contributed by atoms with Crippen LogP contribution in [0.1, 0.15) is 11.3 Å². The van der Waals surface area contributed by atoms with Crippen molar-refractivity contribution < 1.29 is 4.98 Å². The van der Waals surface area contributed by atoms with E-state index in [1.54, 1.807) is 0 Å². The lowest BCUT2D eigenvalue weighted by molar-refractivity contribution is -0.387. The predicted molar refractivity (Wildman–Crippen MR) is 37.8 cm³/mol. The number of pyridine rings is 1. The van der Waals surface area contributed by atoms with Crippen molar-refractivity contribution in [3.05, 3.63) is 36.2 Å². The van der Waals surface area contributed by atoms with Crippen molar-refractivity contribution >= 4 is 6.08 Å². The van der Waals surface area contributed by atoms with Crippen molar-refractivity contribution in [2.24, 2.45) is 0 Å². The zero-order valence-corrected chi connectivity index (χ0v) is 5.52. The number of aryl methyl sites for hydroxylation is 1. The second kappa shape index (κ2) is 2.44.